The number of hydrogen-bond acceptors (Lipinski definition) is 6. The topological polar surface area (TPSA) is 95.0 Å². The molecule has 2 aliphatic carbocycles. The summed E-state index contributed by atoms with van der Waals surface area (Å²) in [5.41, 5.74) is 4.25. The summed E-state index contributed by atoms with van der Waals surface area (Å²) in [4.78, 5) is 25.6. The predicted molar refractivity (Wildman–Crippen MR) is 139 cm³/mol. The zero-order valence-corrected chi connectivity index (χ0v) is 21.7. The maximum absolute atomic E-state index is 13.8. The number of carbonyl (C=O) groups excluding carboxylic acids is 1. The van der Waals surface area contributed by atoms with E-state index in [1.54, 1.807) is 13.4 Å². The molecule has 10 nitrogen and oxygen atoms in total. The van der Waals surface area contributed by atoms with E-state index in [4.69, 9.17) is 14.8 Å². The van der Waals surface area contributed by atoms with Crippen LogP contribution in [0.4, 0.5) is 11.6 Å². The molecule has 0 spiro atoms. The smallest absolute Gasteiger partial charge is 0.271 e. The van der Waals surface area contributed by atoms with Crippen LogP contribution in [0.25, 0.3) is 22.1 Å². The minimum absolute atomic E-state index is 0.114. The lowest BCUT2D eigenvalue weighted by Crippen LogP contribution is -2.36. The fourth-order valence-corrected chi connectivity index (χ4v) is 5.39. The fraction of sp³-hybridized carbons (Fsp3) is 0.538. The molecule has 0 saturated heterocycles. The third kappa shape index (κ3) is 3.75. The molecule has 36 heavy (non-hydrogen) atoms. The molecule has 0 radical (unpaired) electrons. The van der Waals surface area contributed by atoms with Crippen molar-refractivity contribution in [1.82, 2.24) is 33.8 Å². The van der Waals surface area contributed by atoms with Crippen LogP contribution in [0.1, 0.15) is 61.8 Å². The molecule has 2 saturated carbocycles. The Morgan fingerprint density at radius 2 is 1.97 bits per heavy atom. The number of nitrogens with one attached hydrogen (secondary N) is 1. The van der Waals surface area contributed by atoms with Gasteiger partial charge in [-0.05, 0) is 52.5 Å². The van der Waals surface area contributed by atoms with Gasteiger partial charge in [0.05, 0.1) is 24.5 Å². The largest absolute Gasteiger partial charge is 0.382 e. The van der Waals surface area contributed by atoms with Gasteiger partial charge in [-0.3, -0.25) is 9.48 Å². The highest BCUT2D eigenvalue weighted by Gasteiger charge is 2.43. The Bertz CT molecular complexity index is 1440. The maximum Gasteiger partial charge on any atom is 0.271 e. The van der Waals surface area contributed by atoms with Crippen molar-refractivity contribution in [2.75, 3.05) is 19.0 Å². The first-order chi connectivity index (χ1) is 17.4. The number of imidazole rings is 1. The summed E-state index contributed by atoms with van der Waals surface area (Å²) in [6.07, 6.45) is 6.25. The SMILES string of the molecule is CCn1c(C(=O)N(C2CC2)C2CC2)cc2c3c(ncn3C)c(Nc3cc(C)n(C(C)COC)n3)nc21. The summed E-state index contributed by atoms with van der Waals surface area (Å²) in [7, 11) is 3.68. The van der Waals surface area contributed by atoms with Gasteiger partial charge in [-0.25, -0.2) is 9.97 Å². The second kappa shape index (κ2) is 8.62. The number of aryl methyl sites for hydroxylation is 3. The summed E-state index contributed by atoms with van der Waals surface area (Å²) in [5.74, 6) is 1.47. The van der Waals surface area contributed by atoms with E-state index in [9.17, 15) is 4.79 Å². The van der Waals surface area contributed by atoms with Crippen molar-refractivity contribution in [3.8, 4) is 0 Å². The van der Waals surface area contributed by atoms with Gasteiger partial charge >= 0.3 is 0 Å². The Hall–Kier alpha value is -3.40. The average Bonchev–Trinajstić information content (AvgIpc) is 3.76. The lowest BCUT2D eigenvalue weighted by molar-refractivity contribution is 0.0719. The van der Waals surface area contributed by atoms with E-state index in [1.807, 2.05) is 35.4 Å². The molecule has 1 atom stereocenters. The Labute approximate surface area is 210 Å². The molecule has 6 rings (SSSR count). The first-order valence-corrected chi connectivity index (χ1v) is 12.9. The number of amides is 1. The molecule has 1 N–H and O–H groups in total. The Balaban J connectivity index is 1.45. The standard InChI is InChI=1S/C26H34N8O2/c1-6-32-20(26(35)33(17-7-8-17)18-9-10-18)12-19-23-22(27-14-31(23)4)24(29-25(19)32)28-21-11-15(2)34(30-21)16(3)13-36-5/h11-12,14,16-18H,6-10,13H2,1-5H3,(H,28,29,30). The van der Waals surface area contributed by atoms with Crippen LogP contribution in [-0.2, 0) is 18.3 Å². The lowest BCUT2D eigenvalue weighted by atomic mass is 10.2. The van der Waals surface area contributed by atoms with E-state index in [0.717, 1.165) is 53.4 Å². The highest BCUT2D eigenvalue weighted by molar-refractivity contribution is 6.10. The molecule has 2 fully saturated rings. The van der Waals surface area contributed by atoms with Gasteiger partial charge in [0.2, 0.25) is 0 Å². The van der Waals surface area contributed by atoms with E-state index in [1.165, 1.54) is 0 Å². The summed E-state index contributed by atoms with van der Waals surface area (Å²) in [6.45, 7) is 7.41. The minimum Gasteiger partial charge on any atom is -0.382 e. The number of nitrogens with zero attached hydrogens (tertiary/aromatic N) is 7. The number of pyridine rings is 1. The van der Waals surface area contributed by atoms with Crippen LogP contribution < -0.4 is 5.32 Å². The van der Waals surface area contributed by atoms with Gasteiger partial charge in [0.1, 0.15) is 16.9 Å². The van der Waals surface area contributed by atoms with Crippen LogP contribution >= 0.6 is 0 Å². The highest BCUT2D eigenvalue weighted by atomic mass is 16.5. The summed E-state index contributed by atoms with van der Waals surface area (Å²) < 4.78 is 11.3. The van der Waals surface area contributed by atoms with Gasteiger partial charge in [-0.1, -0.05) is 0 Å². The number of carbonyl (C=O) groups is 1. The van der Waals surface area contributed by atoms with E-state index < -0.39 is 0 Å². The first kappa shape index (κ1) is 23.0. The summed E-state index contributed by atoms with van der Waals surface area (Å²) in [6, 6.07) is 4.93. The third-order valence-electron chi connectivity index (χ3n) is 7.35. The second-order valence-corrected chi connectivity index (χ2v) is 10.2. The molecule has 190 valence electrons. The average molecular weight is 491 g/mol. The zero-order valence-electron chi connectivity index (χ0n) is 21.7. The molecule has 0 aliphatic heterocycles. The van der Waals surface area contributed by atoms with Crippen LogP contribution in [0.3, 0.4) is 0 Å². The van der Waals surface area contributed by atoms with Crippen LogP contribution in [0, 0.1) is 6.92 Å². The number of ether oxygens (including phenoxy) is 1. The van der Waals surface area contributed by atoms with E-state index in [-0.39, 0.29) is 11.9 Å². The van der Waals surface area contributed by atoms with Gasteiger partial charge in [0.25, 0.3) is 5.91 Å². The molecule has 0 bridgehead atoms. The lowest BCUT2D eigenvalue weighted by Gasteiger charge is -2.22. The van der Waals surface area contributed by atoms with Crippen molar-refractivity contribution >= 4 is 39.6 Å². The molecule has 4 aromatic rings. The van der Waals surface area contributed by atoms with Crippen molar-refractivity contribution in [2.24, 2.45) is 7.05 Å². The molecule has 4 aromatic heterocycles. The van der Waals surface area contributed by atoms with E-state index >= 15 is 0 Å². The quantitative estimate of drug-likeness (QED) is 0.378. The van der Waals surface area contributed by atoms with Gasteiger partial charge in [0, 0.05) is 49.9 Å². The van der Waals surface area contributed by atoms with Crippen LogP contribution in [0.5, 0.6) is 0 Å². The van der Waals surface area contributed by atoms with Gasteiger partial charge < -0.3 is 24.1 Å². The molecule has 10 heteroatoms. The molecule has 2 aliphatic rings. The normalized spacial score (nSPS) is 16.7. The fourth-order valence-electron chi connectivity index (χ4n) is 5.39. The number of aromatic nitrogens is 6. The third-order valence-corrected chi connectivity index (χ3v) is 7.35. The zero-order chi connectivity index (χ0) is 25.1. The maximum atomic E-state index is 13.8. The molecule has 1 amide bonds. The Kier molecular flexibility index (Phi) is 5.51. The summed E-state index contributed by atoms with van der Waals surface area (Å²) in [5, 5.41) is 9.11. The molecule has 4 heterocycles. The number of anilines is 2. The van der Waals surface area contributed by atoms with Crippen molar-refractivity contribution in [3.05, 3.63) is 29.8 Å². The second-order valence-electron chi connectivity index (χ2n) is 10.2. The number of hydrogen-bond donors (Lipinski definition) is 1. The van der Waals surface area contributed by atoms with Crippen molar-refractivity contribution < 1.29 is 9.53 Å². The first-order valence-electron chi connectivity index (χ1n) is 12.9. The Morgan fingerprint density at radius 1 is 1.25 bits per heavy atom. The molecular formula is C26H34N8O2. The van der Waals surface area contributed by atoms with Gasteiger partial charge in [-0.15, -0.1) is 0 Å². The number of rotatable bonds is 9. The van der Waals surface area contributed by atoms with Crippen molar-refractivity contribution in [1.29, 1.82) is 0 Å². The Morgan fingerprint density at radius 3 is 2.61 bits per heavy atom. The van der Waals surface area contributed by atoms with Crippen LogP contribution in [0.15, 0.2) is 18.5 Å². The van der Waals surface area contributed by atoms with Crippen LogP contribution in [0.2, 0.25) is 0 Å². The molecule has 1 unspecified atom stereocenters. The van der Waals surface area contributed by atoms with Crippen molar-refractivity contribution in [2.45, 2.75) is 71.1 Å². The monoisotopic (exact) mass is 490 g/mol. The van der Waals surface area contributed by atoms with Crippen molar-refractivity contribution in [3.63, 3.8) is 0 Å². The number of methoxy groups -OCH3 is 1. The predicted octanol–water partition coefficient (Wildman–Crippen LogP) is 4.17. The number of fused-ring (bicyclic) bond motifs is 3. The van der Waals surface area contributed by atoms with E-state index in [2.05, 4.69) is 33.6 Å². The van der Waals surface area contributed by atoms with E-state index in [0.29, 0.717) is 42.6 Å². The highest BCUT2D eigenvalue weighted by Crippen LogP contribution is 2.39. The molecular weight excluding hydrogens is 456 g/mol. The summed E-state index contributed by atoms with van der Waals surface area (Å²) >= 11 is 0. The minimum atomic E-state index is 0.114. The van der Waals surface area contributed by atoms with Gasteiger partial charge in [-0.2, -0.15) is 5.10 Å². The van der Waals surface area contributed by atoms with Crippen LogP contribution in [-0.4, -0.2) is 65.5 Å². The molecule has 0 aromatic carbocycles. The van der Waals surface area contributed by atoms with Gasteiger partial charge in [0.15, 0.2) is 11.6 Å².